The average Bonchev–Trinajstić information content (AvgIpc) is 2.95. The maximum Gasteiger partial charge on any atom is 0.123 e. The molecule has 1 aliphatic rings. The lowest BCUT2D eigenvalue weighted by Gasteiger charge is -2.21. The van der Waals surface area contributed by atoms with Gasteiger partial charge in [-0.05, 0) is 67.5 Å². The summed E-state index contributed by atoms with van der Waals surface area (Å²) in [5.41, 5.74) is 5.47. The van der Waals surface area contributed by atoms with Gasteiger partial charge in [-0.3, -0.25) is 0 Å². The van der Waals surface area contributed by atoms with Crippen LogP contribution in [-0.4, -0.2) is 0 Å². The molecule has 110 valence electrons. The first-order chi connectivity index (χ1) is 10.1. The Balaban J connectivity index is 1.70. The van der Waals surface area contributed by atoms with Gasteiger partial charge in [-0.1, -0.05) is 30.3 Å². The minimum absolute atomic E-state index is 0.183. The molecule has 3 rings (SSSR count). The summed E-state index contributed by atoms with van der Waals surface area (Å²) in [5.74, 6) is -0.183. The summed E-state index contributed by atoms with van der Waals surface area (Å²) in [4.78, 5) is 0. The third-order valence-corrected chi connectivity index (χ3v) is 4.49. The van der Waals surface area contributed by atoms with Crippen LogP contribution >= 0.6 is 0 Å². The fourth-order valence-corrected chi connectivity index (χ4v) is 3.18. The van der Waals surface area contributed by atoms with Crippen LogP contribution in [0.15, 0.2) is 42.5 Å². The van der Waals surface area contributed by atoms with Crippen molar-refractivity contribution < 1.29 is 4.39 Å². The Morgan fingerprint density at radius 1 is 0.857 bits per heavy atom. The highest BCUT2D eigenvalue weighted by Crippen LogP contribution is 2.26. The summed E-state index contributed by atoms with van der Waals surface area (Å²) in [5, 5.41) is 3.60. The summed E-state index contributed by atoms with van der Waals surface area (Å²) in [6, 6.07) is 14.1. The minimum Gasteiger partial charge on any atom is -0.304 e. The first kappa shape index (κ1) is 14.3. The van der Waals surface area contributed by atoms with E-state index in [9.17, 15) is 4.39 Å². The Bertz CT molecular complexity index is 618. The SMILES string of the molecule is CC(NC(C)c1ccc2c(c1)CCC2)c1ccc(F)cc1. The van der Waals surface area contributed by atoms with Crippen LogP contribution in [0.5, 0.6) is 0 Å². The third kappa shape index (κ3) is 3.16. The fourth-order valence-electron chi connectivity index (χ4n) is 3.18. The van der Waals surface area contributed by atoms with E-state index in [1.54, 1.807) is 0 Å². The van der Waals surface area contributed by atoms with E-state index in [0.717, 1.165) is 5.56 Å². The van der Waals surface area contributed by atoms with Crippen molar-refractivity contribution in [1.82, 2.24) is 5.32 Å². The van der Waals surface area contributed by atoms with Crippen molar-refractivity contribution in [2.75, 3.05) is 0 Å². The molecule has 1 nitrogen and oxygen atoms in total. The number of fused-ring (bicyclic) bond motifs is 1. The predicted octanol–water partition coefficient (Wildman–Crippen LogP) is 4.73. The van der Waals surface area contributed by atoms with Gasteiger partial charge in [0.15, 0.2) is 0 Å². The highest BCUT2D eigenvalue weighted by atomic mass is 19.1. The molecule has 2 aromatic rings. The van der Waals surface area contributed by atoms with Crippen molar-refractivity contribution >= 4 is 0 Å². The summed E-state index contributed by atoms with van der Waals surface area (Å²) in [6.45, 7) is 4.31. The quantitative estimate of drug-likeness (QED) is 0.855. The Hall–Kier alpha value is -1.67. The third-order valence-electron chi connectivity index (χ3n) is 4.49. The summed E-state index contributed by atoms with van der Waals surface area (Å²) < 4.78 is 13.0. The summed E-state index contributed by atoms with van der Waals surface area (Å²) in [6.07, 6.45) is 3.72. The van der Waals surface area contributed by atoms with Crippen LogP contribution in [0.25, 0.3) is 0 Å². The second kappa shape index (κ2) is 5.98. The highest BCUT2D eigenvalue weighted by molar-refractivity contribution is 5.36. The molecular formula is C19H22FN. The van der Waals surface area contributed by atoms with E-state index in [1.165, 1.54) is 48.1 Å². The van der Waals surface area contributed by atoms with Crippen molar-refractivity contribution in [2.24, 2.45) is 0 Å². The molecule has 0 radical (unpaired) electrons. The second-order valence-corrected chi connectivity index (χ2v) is 6.04. The normalized spacial score (nSPS) is 16.5. The van der Waals surface area contributed by atoms with Gasteiger partial charge in [-0.2, -0.15) is 0 Å². The van der Waals surface area contributed by atoms with Crippen LogP contribution in [0.1, 0.15) is 54.6 Å². The lowest BCUT2D eigenvalue weighted by molar-refractivity contribution is 0.493. The molecular weight excluding hydrogens is 261 g/mol. The zero-order chi connectivity index (χ0) is 14.8. The molecule has 0 fully saturated rings. The Labute approximate surface area is 126 Å². The minimum atomic E-state index is -0.183. The van der Waals surface area contributed by atoms with Gasteiger partial charge in [-0.25, -0.2) is 4.39 Å². The van der Waals surface area contributed by atoms with Crippen LogP contribution in [0.2, 0.25) is 0 Å². The van der Waals surface area contributed by atoms with Crippen molar-refractivity contribution in [3.8, 4) is 0 Å². The molecule has 2 unspecified atom stereocenters. The lowest BCUT2D eigenvalue weighted by atomic mass is 10.0. The molecule has 21 heavy (non-hydrogen) atoms. The average molecular weight is 283 g/mol. The molecule has 0 heterocycles. The molecule has 2 aromatic carbocycles. The van der Waals surface area contributed by atoms with Crippen LogP contribution in [0.4, 0.5) is 4.39 Å². The van der Waals surface area contributed by atoms with Crippen LogP contribution in [0.3, 0.4) is 0 Å². The molecule has 1 N–H and O–H groups in total. The second-order valence-electron chi connectivity index (χ2n) is 6.04. The van der Waals surface area contributed by atoms with E-state index < -0.39 is 0 Å². The van der Waals surface area contributed by atoms with Crippen LogP contribution in [0, 0.1) is 5.82 Å². The van der Waals surface area contributed by atoms with Crippen LogP contribution in [-0.2, 0) is 12.8 Å². The number of hydrogen-bond donors (Lipinski definition) is 1. The number of rotatable bonds is 4. The Morgan fingerprint density at radius 3 is 2.24 bits per heavy atom. The van der Waals surface area contributed by atoms with Gasteiger partial charge in [0.2, 0.25) is 0 Å². The lowest BCUT2D eigenvalue weighted by Crippen LogP contribution is -2.22. The van der Waals surface area contributed by atoms with E-state index in [1.807, 2.05) is 12.1 Å². The number of benzene rings is 2. The zero-order valence-corrected chi connectivity index (χ0v) is 12.7. The molecule has 2 heteroatoms. The molecule has 0 amide bonds. The molecule has 1 aliphatic carbocycles. The van der Waals surface area contributed by atoms with E-state index in [4.69, 9.17) is 0 Å². The van der Waals surface area contributed by atoms with Crippen LogP contribution < -0.4 is 5.32 Å². The Morgan fingerprint density at radius 2 is 1.48 bits per heavy atom. The number of halogens is 1. The maximum atomic E-state index is 13.0. The van der Waals surface area contributed by atoms with E-state index >= 15 is 0 Å². The number of aryl methyl sites for hydroxylation is 2. The predicted molar refractivity (Wildman–Crippen MR) is 84.8 cm³/mol. The standard InChI is InChI=1S/C19H22FN/c1-13(15-8-10-19(20)11-9-15)21-14(2)17-7-6-16-4-3-5-18(16)12-17/h6-14,21H,3-5H2,1-2H3. The molecule has 2 atom stereocenters. The smallest absolute Gasteiger partial charge is 0.123 e. The monoisotopic (exact) mass is 283 g/mol. The van der Waals surface area contributed by atoms with Gasteiger partial charge in [0.1, 0.15) is 5.82 Å². The Kier molecular flexibility index (Phi) is 4.07. The van der Waals surface area contributed by atoms with E-state index in [2.05, 4.69) is 37.4 Å². The van der Waals surface area contributed by atoms with Crippen molar-refractivity contribution in [2.45, 2.75) is 45.2 Å². The molecule has 0 aromatic heterocycles. The van der Waals surface area contributed by atoms with Gasteiger partial charge >= 0.3 is 0 Å². The van der Waals surface area contributed by atoms with Gasteiger partial charge in [0.25, 0.3) is 0 Å². The fraction of sp³-hybridized carbons (Fsp3) is 0.368. The number of hydrogen-bond acceptors (Lipinski definition) is 1. The van der Waals surface area contributed by atoms with E-state index in [-0.39, 0.29) is 17.9 Å². The highest BCUT2D eigenvalue weighted by Gasteiger charge is 2.15. The largest absolute Gasteiger partial charge is 0.304 e. The van der Waals surface area contributed by atoms with Gasteiger partial charge in [-0.15, -0.1) is 0 Å². The van der Waals surface area contributed by atoms with Crippen molar-refractivity contribution in [3.63, 3.8) is 0 Å². The molecule has 0 saturated carbocycles. The molecule has 0 bridgehead atoms. The van der Waals surface area contributed by atoms with E-state index in [0.29, 0.717) is 0 Å². The molecule has 0 saturated heterocycles. The summed E-state index contributed by atoms with van der Waals surface area (Å²) in [7, 11) is 0. The van der Waals surface area contributed by atoms with Gasteiger partial charge in [0.05, 0.1) is 0 Å². The summed E-state index contributed by atoms with van der Waals surface area (Å²) >= 11 is 0. The molecule has 0 aliphatic heterocycles. The van der Waals surface area contributed by atoms with Crippen molar-refractivity contribution in [3.05, 3.63) is 70.5 Å². The zero-order valence-electron chi connectivity index (χ0n) is 12.7. The van der Waals surface area contributed by atoms with Crippen molar-refractivity contribution in [1.29, 1.82) is 0 Å². The first-order valence-corrected chi connectivity index (χ1v) is 7.76. The first-order valence-electron chi connectivity index (χ1n) is 7.76. The van der Waals surface area contributed by atoms with Gasteiger partial charge < -0.3 is 5.32 Å². The van der Waals surface area contributed by atoms with Gasteiger partial charge in [0, 0.05) is 12.1 Å². The molecule has 0 spiro atoms. The number of nitrogens with one attached hydrogen (secondary N) is 1. The maximum absolute atomic E-state index is 13.0. The topological polar surface area (TPSA) is 12.0 Å².